The summed E-state index contributed by atoms with van der Waals surface area (Å²) in [5.74, 6) is -0.447. The van der Waals surface area contributed by atoms with Crippen LogP contribution in [0, 0.1) is 5.92 Å². The number of alkyl carbamates (subject to hydrolysis) is 1. The van der Waals surface area contributed by atoms with Gasteiger partial charge in [-0.05, 0) is 42.5 Å². The molecule has 5 nitrogen and oxygen atoms in total. The predicted molar refractivity (Wildman–Crippen MR) is 107 cm³/mol. The average Bonchev–Trinajstić information content (AvgIpc) is 2.74. The van der Waals surface area contributed by atoms with Gasteiger partial charge in [-0.1, -0.05) is 43.3 Å². The van der Waals surface area contributed by atoms with Gasteiger partial charge in [0.25, 0.3) is 5.91 Å². The van der Waals surface area contributed by atoms with E-state index in [0.717, 1.165) is 24.1 Å². The van der Waals surface area contributed by atoms with Gasteiger partial charge in [0.15, 0.2) is 0 Å². The number of ether oxygens (including phenoxy) is 1. The van der Waals surface area contributed by atoms with Crippen LogP contribution in [0.3, 0.4) is 0 Å². The Morgan fingerprint density at radius 2 is 1.77 bits per heavy atom. The molecule has 2 aromatic carbocycles. The summed E-state index contributed by atoms with van der Waals surface area (Å²) in [5, 5.41) is 5.31. The lowest BCUT2D eigenvalue weighted by atomic mass is 10.1. The summed E-state index contributed by atoms with van der Waals surface area (Å²) in [4.78, 5) is 23.7. The quantitative estimate of drug-likeness (QED) is 0.572. The van der Waals surface area contributed by atoms with Gasteiger partial charge in [0.2, 0.25) is 0 Å². The van der Waals surface area contributed by atoms with Crippen LogP contribution in [0.25, 0.3) is 0 Å². The zero-order valence-electron chi connectivity index (χ0n) is 16.7. The summed E-state index contributed by atoms with van der Waals surface area (Å²) in [7, 11) is 0. The van der Waals surface area contributed by atoms with Crippen LogP contribution in [0.5, 0.6) is 0 Å². The Kier molecular flexibility index (Phi) is 8.70. The zero-order valence-corrected chi connectivity index (χ0v) is 16.7. The van der Waals surface area contributed by atoms with Crippen LogP contribution in [0.1, 0.15) is 41.3 Å². The molecule has 162 valence electrons. The van der Waals surface area contributed by atoms with Crippen molar-refractivity contribution in [3.8, 4) is 0 Å². The van der Waals surface area contributed by atoms with Gasteiger partial charge in [-0.25, -0.2) is 4.79 Å². The van der Waals surface area contributed by atoms with Gasteiger partial charge in [0.1, 0.15) is 6.61 Å². The molecule has 0 saturated carbocycles. The third kappa shape index (κ3) is 8.14. The van der Waals surface area contributed by atoms with E-state index in [1.807, 2.05) is 37.3 Å². The molecule has 0 aliphatic rings. The summed E-state index contributed by atoms with van der Waals surface area (Å²) >= 11 is 0. The minimum atomic E-state index is -4.49. The number of rotatable bonds is 9. The molecule has 0 bridgehead atoms. The fourth-order valence-corrected chi connectivity index (χ4v) is 2.72. The second-order valence-corrected chi connectivity index (χ2v) is 7.02. The average molecular weight is 422 g/mol. The molecule has 0 aliphatic carbocycles. The number of hydrogen-bond donors (Lipinski definition) is 2. The number of amides is 2. The van der Waals surface area contributed by atoms with Crippen molar-refractivity contribution < 1.29 is 27.5 Å². The lowest BCUT2D eigenvalue weighted by Crippen LogP contribution is -2.29. The SMILES string of the molecule is C[C@@H](CCCNC(=O)OCc1ccccc1)CNC(=O)c1cccc(C(F)(F)F)c1. The number of hydrogen-bond acceptors (Lipinski definition) is 3. The molecule has 0 fully saturated rings. The molecule has 30 heavy (non-hydrogen) atoms. The second kappa shape index (κ2) is 11.2. The lowest BCUT2D eigenvalue weighted by molar-refractivity contribution is -0.137. The Morgan fingerprint density at radius 3 is 2.47 bits per heavy atom. The van der Waals surface area contributed by atoms with Crippen molar-refractivity contribution >= 4 is 12.0 Å². The van der Waals surface area contributed by atoms with Crippen molar-refractivity contribution in [1.82, 2.24) is 10.6 Å². The predicted octanol–water partition coefficient (Wildman–Crippen LogP) is 4.78. The van der Waals surface area contributed by atoms with E-state index in [1.165, 1.54) is 12.1 Å². The molecule has 2 amide bonds. The Balaban J connectivity index is 1.62. The smallest absolute Gasteiger partial charge is 0.416 e. The Hall–Kier alpha value is -3.03. The van der Waals surface area contributed by atoms with Gasteiger partial charge in [-0.15, -0.1) is 0 Å². The van der Waals surface area contributed by atoms with Gasteiger partial charge in [-0.3, -0.25) is 4.79 Å². The highest BCUT2D eigenvalue weighted by Gasteiger charge is 2.30. The maximum atomic E-state index is 12.7. The van der Waals surface area contributed by atoms with Crippen LogP contribution in [0.4, 0.5) is 18.0 Å². The Labute approximate surface area is 173 Å². The van der Waals surface area contributed by atoms with Crippen molar-refractivity contribution in [2.75, 3.05) is 13.1 Å². The van der Waals surface area contributed by atoms with Crippen molar-refractivity contribution in [3.05, 3.63) is 71.3 Å². The standard InChI is InChI=1S/C22H25F3N2O3/c1-16(7-6-12-26-21(29)30-15-17-8-3-2-4-9-17)14-27-20(28)18-10-5-11-19(13-18)22(23,24)25/h2-5,8-11,13,16H,6-7,12,14-15H2,1H3,(H,26,29)(H,27,28)/t16-/m0/s1. The third-order valence-electron chi connectivity index (χ3n) is 4.42. The fourth-order valence-electron chi connectivity index (χ4n) is 2.72. The van der Waals surface area contributed by atoms with Crippen molar-refractivity contribution in [3.63, 3.8) is 0 Å². The second-order valence-electron chi connectivity index (χ2n) is 7.02. The first-order valence-corrected chi connectivity index (χ1v) is 9.65. The molecule has 0 saturated heterocycles. The fraction of sp³-hybridized carbons (Fsp3) is 0.364. The maximum absolute atomic E-state index is 12.7. The lowest BCUT2D eigenvalue weighted by Gasteiger charge is -2.14. The summed E-state index contributed by atoms with van der Waals surface area (Å²) in [6.45, 7) is 2.87. The van der Waals surface area contributed by atoms with E-state index in [9.17, 15) is 22.8 Å². The molecule has 1 atom stereocenters. The largest absolute Gasteiger partial charge is 0.445 e. The summed E-state index contributed by atoms with van der Waals surface area (Å²) in [5.41, 5.74) is 0.0195. The first-order chi connectivity index (χ1) is 14.3. The van der Waals surface area contributed by atoms with Gasteiger partial charge in [0.05, 0.1) is 5.56 Å². The first kappa shape index (κ1) is 23.3. The summed E-state index contributed by atoms with van der Waals surface area (Å²) in [6.07, 6.45) is -3.58. The van der Waals surface area contributed by atoms with Crippen LogP contribution in [-0.2, 0) is 17.5 Å². The van der Waals surface area contributed by atoms with E-state index in [0.29, 0.717) is 19.5 Å². The van der Waals surface area contributed by atoms with Gasteiger partial charge in [0, 0.05) is 18.7 Å². The van der Waals surface area contributed by atoms with Crippen LogP contribution < -0.4 is 10.6 Å². The zero-order chi connectivity index (χ0) is 22.0. The van der Waals surface area contributed by atoms with Gasteiger partial charge < -0.3 is 15.4 Å². The Morgan fingerprint density at radius 1 is 1.03 bits per heavy atom. The molecule has 2 aromatic rings. The number of carbonyl (C=O) groups excluding carboxylic acids is 2. The summed E-state index contributed by atoms with van der Waals surface area (Å²) < 4.78 is 43.3. The van der Waals surface area contributed by atoms with Crippen LogP contribution in [-0.4, -0.2) is 25.1 Å². The molecular weight excluding hydrogens is 397 g/mol. The molecular formula is C22H25F3N2O3. The van der Waals surface area contributed by atoms with Crippen molar-refractivity contribution in [2.24, 2.45) is 5.92 Å². The molecule has 0 radical (unpaired) electrons. The van der Waals surface area contributed by atoms with E-state index in [4.69, 9.17) is 4.74 Å². The van der Waals surface area contributed by atoms with E-state index in [-0.39, 0.29) is 18.1 Å². The maximum Gasteiger partial charge on any atom is 0.416 e. The number of carbonyl (C=O) groups is 2. The molecule has 0 aromatic heterocycles. The molecule has 0 aliphatic heterocycles. The van der Waals surface area contributed by atoms with Gasteiger partial charge >= 0.3 is 12.3 Å². The molecule has 0 spiro atoms. The molecule has 2 N–H and O–H groups in total. The van der Waals surface area contributed by atoms with Gasteiger partial charge in [-0.2, -0.15) is 13.2 Å². The number of alkyl halides is 3. The summed E-state index contributed by atoms with van der Waals surface area (Å²) in [6, 6.07) is 13.7. The van der Waals surface area contributed by atoms with Crippen LogP contribution in [0.15, 0.2) is 54.6 Å². The van der Waals surface area contributed by atoms with Crippen molar-refractivity contribution in [1.29, 1.82) is 0 Å². The molecule has 0 unspecified atom stereocenters. The highest BCUT2D eigenvalue weighted by atomic mass is 19.4. The van der Waals surface area contributed by atoms with E-state index in [2.05, 4.69) is 10.6 Å². The topological polar surface area (TPSA) is 67.4 Å². The Bertz CT molecular complexity index is 826. The van der Waals surface area contributed by atoms with Crippen molar-refractivity contribution in [2.45, 2.75) is 32.5 Å². The van der Waals surface area contributed by atoms with E-state index < -0.39 is 23.7 Å². The number of nitrogens with one attached hydrogen (secondary N) is 2. The van der Waals surface area contributed by atoms with Crippen LogP contribution in [0.2, 0.25) is 0 Å². The highest BCUT2D eigenvalue weighted by molar-refractivity contribution is 5.94. The molecule has 0 heterocycles. The highest BCUT2D eigenvalue weighted by Crippen LogP contribution is 2.29. The number of benzene rings is 2. The monoisotopic (exact) mass is 422 g/mol. The van der Waals surface area contributed by atoms with Crippen LogP contribution >= 0.6 is 0 Å². The van der Waals surface area contributed by atoms with E-state index >= 15 is 0 Å². The minimum Gasteiger partial charge on any atom is -0.445 e. The first-order valence-electron chi connectivity index (χ1n) is 9.65. The molecule has 8 heteroatoms. The normalized spacial score (nSPS) is 12.1. The van der Waals surface area contributed by atoms with E-state index in [1.54, 1.807) is 0 Å². The minimum absolute atomic E-state index is 0.0279. The third-order valence-corrected chi connectivity index (χ3v) is 4.42. The molecule has 2 rings (SSSR count). The number of halogens is 3.